The summed E-state index contributed by atoms with van der Waals surface area (Å²) in [6.07, 6.45) is 0.244. The topological polar surface area (TPSA) is 98.3 Å². The van der Waals surface area contributed by atoms with Crippen LogP contribution in [-0.2, 0) is 22.4 Å². The molecule has 1 aromatic heterocycles. The number of carbonyl (C=O) groups is 3. The largest absolute Gasteiger partial charge is 0.454 e. The number of amides is 1. The zero-order valence-corrected chi connectivity index (χ0v) is 16.4. The fourth-order valence-electron chi connectivity index (χ4n) is 3.16. The van der Waals surface area contributed by atoms with Gasteiger partial charge in [0.15, 0.2) is 5.82 Å². The maximum atomic E-state index is 12.6. The van der Waals surface area contributed by atoms with Crippen LogP contribution < -0.4 is 5.32 Å². The number of anilines is 1. The zero-order chi connectivity index (χ0) is 20.4. The molecule has 2 heterocycles. The highest BCUT2D eigenvalue weighted by Gasteiger charge is 2.28. The molecule has 1 N–H and O–H groups in total. The van der Waals surface area contributed by atoms with Gasteiger partial charge in [-0.3, -0.25) is 14.9 Å². The molecule has 4 rings (SSSR count). The quantitative estimate of drug-likeness (QED) is 0.651. The average molecular weight is 407 g/mol. The summed E-state index contributed by atoms with van der Waals surface area (Å²) in [6, 6.07) is 14.4. The molecule has 7 nitrogen and oxygen atoms in total. The number of carbonyl (C=O) groups excluding carboxylic acids is 3. The normalized spacial score (nSPS) is 15.3. The van der Waals surface area contributed by atoms with Gasteiger partial charge in [0.05, 0.1) is 12.0 Å². The van der Waals surface area contributed by atoms with Gasteiger partial charge in [0, 0.05) is 23.5 Å². The number of rotatable bonds is 5. The number of hydrogen-bond donors (Lipinski definition) is 1. The Labute approximate surface area is 170 Å². The van der Waals surface area contributed by atoms with Gasteiger partial charge in [-0.15, -0.1) is 0 Å². The lowest BCUT2D eigenvalue weighted by atomic mass is 9.93. The number of hydrogen-bond acceptors (Lipinski definition) is 7. The van der Waals surface area contributed by atoms with Gasteiger partial charge >= 0.3 is 5.97 Å². The van der Waals surface area contributed by atoms with Crippen LogP contribution in [0.2, 0.25) is 0 Å². The van der Waals surface area contributed by atoms with E-state index in [1.165, 1.54) is 6.92 Å². The van der Waals surface area contributed by atoms with E-state index >= 15 is 0 Å². The van der Waals surface area contributed by atoms with Crippen LogP contribution in [0.15, 0.2) is 48.5 Å². The number of aromatic nitrogens is 2. The molecule has 0 radical (unpaired) electrons. The van der Waals surface area contributed by atoms with Gasteiger partial charge in [-0.1, -0.05) is 30.3 Å². The van der Waals surface area contributed by atoms with Gasteiger partial charge in [0.2, 0.25) is 5.13 Å². The Balaban J connectivity index is 1.53. The van der Waals surface area contributed by atoms with Crippen LogP contribution in [0.25, 0.3) is 0 Å². The number of ether oxygens (including phenoxy) is 1. The maximum absolute atomic E-state index is 12.6. The molecule has 0 fully saturated rings. The molecule has 0 saturated carbocycles. The molecule has 0 saturated heterocycles. The first-order chi connectivity index (χ1) is 14.0. The van der Waals surface area contributed by atoms with E-state index in [1.807, 2.05) is 30.3 Å². The minimum atomic E-state index is -0.398. The van der Waals surface area contributed by atoms with Crippen molar-refractivity contribution in [1.29, 1.82) is 0 Å². The molecule has 0 spiro atoms. The van der Waals surface area contributed by atoms with Crippen LogP contribution in [-0.4, -0.2) is 27.0 Å². The summed E-state index contributed by atoms with van der Waals surface area (Å²) in [5.41, 5.74) is 2.55. The van der Waals surface area contributed by atoms with Crippen molar-refractivity contribution in [3.63, 3.8) is 0 Å². The molecule has 146 valence electrons. The fraction of sp³-hybridized carbons (Fsp3) is 0.190. The van der Waals surface area contributed by atoms with Crippen LogP contribution in [0, 0.1) is 0 Å². The van der Waals surface area contributed by atoms with Gasteiger partial charge in [-0.05, 0) is 36.2 Å². The third-order valence-corrected chi connectivity index (χ3v) is 5.18. The summed E-state index contributed by atoms with van der Waals surface area (Å²) < 4.78 is 9.61. The Hall–Kier alpha value is -3.39. The first-order valence-corrected chi connectivity index (χ1v) is 9.79. The average Bonchev–Trinajstić information content (AvgIpc) is 3.14. The summed E-state index contributed by atoms with van der Waals surface area (Å²) in [5.74, 6) is -0.412. The number of benzene rings is 2. The number of Topliss-reactive ketones (excluding diaryl/α,β-unsaturated/α-hetero) is 1. The Morgan fingerprint density at radius 2 is 2.00 bits per heavy atom. The molecule has 0 aliphatic carbocycles. The Bertz CT molecular complexity index is 1090. The minimum absolute atomic E-state index is 0.0461. The van der Waals surface area contributed by atoms with Crippen LogP contribution in [0.1, 0.15) is 50.7 Å². The van der Waals surface area contributed by atoms with E-state index in [0.29, 0.717) is 28.5 Å². The molecule has 0 unspecified atom stereocenters. The second-order valence-corrected chi connectivity index (χ2v) is 7.48. The van der Waals surface area contributed by atoms with Crippen molar-refractivity contribution in [3.05, 3.63) is 76.6 Å². The molecule has 1 atom stereocenters. The Morgan fingerprint density at radius 1 is 1.21 bits per heavy atom. The van der Waals surface area contributed by atoms with E-state index in [4.69, 9.17) is 4.74 Å². The van der Waals surface area contributed by atoms with Gasteiger partial charge in [0.25, 0.3) is 5.91 Å². The van der Waals surface area contributed by atoms with Gasteiger partial charge in [0.1, 0.15) is 11.9 Å². The highest BCUT2D eigenvalue weighted by molar-refractivity contribution is 7.09. The first-order valence-electron chi connectivity index (χ1n) is 9.02. The maximum Gasteiger partial charge on any atom is 0.339 e. The van der Waals surface area contributed by atoms with Crippen molar-refractivity contribution in [2.75, 3.05) is 5.32 Å². The van der Waals surface area contributed by atoms with Gasteiger partial charge in [-0.2, -0.15) is 4.37 Å². The third kappa shape index (κ3) is 4.22. The van der Waals surface area contributed by atoms with Gasteiger partial charge < -0.3 is 4.74 Å². The van der Waals surface area contributed by atoms with Crippen molar-refractivity contribution < 1.29 is 19.1 Å². The monoisotopic (exact) mass is 407 g/mol. The highest BCUT2D eigenvalue weighted by atomic mass is 32.1. The standard InChI is InChI=1S/C21H17N3O4S/c1-12(25)9-18-22-21(29-24-18)23-19(26)14-7-8-16-15(10-14)11-17(28-20(16)27)13-5-3-2-4-6-13/h2-8,10,17H,9,11H2,1H3,(H,22,23,24,26)/t17-/m0/s1. The zero-order valence-electron chi connectivity index (χ0n) is 15.5. The fourth-order valence-corrected chi connectivity index (χ4v) is 3.74. The number of esters is 1. The second kappa shape index (κ2) is 7.92. The Morgan fingerprint density at radius 3 is 2.76 bits per heavy atom. The van der Waals surface area contributed by atoms with Crippen molar-refractivity contribution >= 4 is 34.3 Å². The first kappa shape index (κ1) is 18.9. The van der Waals surface area contributed by atoms with Crippen molar-refractivity contribution in [2.45, 2.75) is 25.9 Å². The third-order valence-electron chi connectivity index (χ3n) is 4.51. The second-order valence-electron chi connectivity index (χ2n) is 6.73. The molecule has 29 heavy (non-hydrogen) atoms. The van der Waals surface area contributed by atoms with E-state index in [-0.39, 0.29) is 24.2 Å². The predicted octanol–water partition coefficient (Wildman–Crippen LogP) is 3.38. The molecular formula is C21H17N3O4S. The van der Waals surface area contributed by atoms with Gasteiger partial charge in [-0.25, -0.2) is 9.78 Å². The van der Waals surface area contributed by atoms with E-state index < -0.39 is 5.97 Å². The molecule has 1 amide bonds. The summed E-state index contributed by atoms with van der Waals surface area (Å²) in [7, 11) is 0. The summed E-state index contributed by atoms with van der Waals surface area (Å²) >= 11 is 1.02. The summed E-state index contributed by atoms with van der Waals surface area (Å²) in [5, 5.41) is 3.02. The summed E-state index contributed by atoms with van der Waals surface area (Å²) in [6.45, 7) is 1.46. The molecule has 1 aliphatic rings. The SMILES string of the molecule is CC(=O)Cc1nsc(NC(=O)c2ccc3c(c2)C[C@@H](c2ccccc2)OC3=O)n1. The summed E-state index contributed by atoms with van der Waals surface area (Å²) in [4.78, 5) is 40.3. The molecular weight excluding hydrogens is 390 g/mol. The highest BCUT2D eigenvalue weighted by Crippen LogP contribution is 2.31. The number of nitrogens with zero attached hydrogens (tertiary/aromatic N) is 2. The van der Waals surface area contributed by atoms with E-state index in [9.17, 15) is 14.4 Å². The van der Waals surface area contributed by atoms with Crippen LogP contribution >= 0.6 is 11.5 Å². The predicted molar refractivity (Wildman–Crippen MR) is 107 cm³/mol. The molecule has 1 aliphatic heterocycles. The lowest BCUT2D eigenvalue weighted by molar-refractivity contribution is -0.116. The molecule has 8 heteroatoms. The molecule has 2 aromatic carbocycles. The number of ketones is 1. The smallest absolute Gasteiger partial charge is 0.339 e. The van der Waals surface area contributed by atoms with E-state index in [2.05, 4.69) is 14.7 Å². The molecule has 0 bridgehead atoms. The number of cyclic esters (lactones) is 1. The number of fused-ring (bicyclic) bond motifs is 1. The lowest BCUT2D eigenvalue weighted by Gasteiger charge is -2.25. The number of nitrogens with one attached hydrogen (secondary N) is 1. The van der Waals surface area contributed by atoms with Crippen LogP contribution in [0.4, 0.5) is 5.13 Å². The minimum Gasteiger partial charge on any atom is -0.454 e. The molecule has 3 aromatic rings. The van der Waals surface area contributed by atoms with Crippen molar-refractivity contribution in [2.24, 2.45) is 0 Å². The van der Waals surface area contributed by atoms with E-state index in [0.717, 1.165) is 22.7 Å². The van der Waals surface area contributed by atoms with E-state index in [1.54, 1.807) is 18.2 Å². The Kier molecular flexibility index (Phi) is 5.18. The van der Waals surface area contributed by atoms with Crippen LogP contribution in [0.3, 0.4) is 0 Å². The van der Waals surface area contributed by atoms with Crippen LogP contribution in [0.5, 0.6) is 0 Å². The lowest BCUT2D eigenvalue weighted by Crippen LogP contribution is -2.23. The van der Waals surface area contributed by atoms with Crippen molar-refractivity contribution in [1.82, 2.24) is 9.36 Å². The van der Waals surface area contributed by atoms with Crippen molar-refractivity contribution in [3.8, 4) is 0 Å².